The number of carboxylic acids is 1. The highest BCUT2D eigenvalue weighted by Crippen LogP contribution is 2.41. The Hall–Kier alpha value is -1.85. The van der Waals surface area contributed by atoms with Gasteiger partial charge in [-0.3, -0.25) is 4.98 Å². The maximum Gasteiger partial charge on any atom is 0.329 e. The highest BCUT2D eigenvalue weighted by Gasteiger charge is 2.47. The summed E-state index contributed by atoms with van der Waals surface area (Å²) in [5, 5.41) is 12.4. The molecule has 0 amide bonds. The normalized spacial score (nSPS) is 17.9. The number of hydrogen-bond donors (Lipinski definition) is 2. The predicted octanol–water partition coefficient (Wildman–Crippen LogP) is 1.93. The van der Waals surface area contributed by atoms with Gasteiger partial charge in [-0.05, 0) is 39.5 Å². The van der Waals surface area contributed by atoms with Crippen LogP contribution in [-0.2, 0) is 4.79 Å². The summed E-state index contributed by atoms with van der Waals surface area (Å²) in [6.07, 6.45) is 4.87. The Kier molecular flexibility index (Phi) is 3.59. The third-order valence-electron chi connectivity index (χ3n) is 3.19. The van der Waals surface area contributed by atoms with Gasteiger partial charge in [-0.15, -0.1) is 0 Å². The quantitative estimate of drug-likeness (QED) is 0.817. The Morgan fingerprint density at radius 2 is 2.21 bits per heavy atom. The second kappa shape index (κ2) is 5.03. The maximum absolute atomic E-state index is 11.4. The lowest BCUT2D eigenvalue weighted by Crippen LogP contribution is -2.45. The van der Waals surface area contributed by atoms with Gasteiger partial charge in [0, 0.05) is 0 Å². The molecule has 1 aliphatic carbocycles. The van der Waals surface area contributed by atoms with E-state index in [1.54, 1.807) is 6.92 Å². The van der Waals surface area contributed by atoms with Crippen molar-refractivity contribution >= 4 is 11.8 Å². The largest absolute Gasteiger partial charge is 0.480 e. The third kappa shape index (κ3) is 3.13. The zero-order valence-electron chi connectivity index (χ0n) is 11.4. The van der Waals surface area contributed by atoms with Gasteiger partial charge in [-0.25, -0.2) is 4.79 Å². The maximum atomic E-state index is 11.4. The molecule has 2 rings (SSSR count). The summed E-state index contributed by atoms with van der Waals surface area (Å²) in [5.74, 6) is 0.0898. The molecule has 1 saturated carbocycles. The zero-order chi connectivity index (χ0) is 14.0. The standard InChI is InChI=1S/C13H19N3O3/c1-8(2)19-11-7-14-6-10(15-11)16-13(3,12(17)18)9-4-5-9/h6-9H,4-5H2,1-3H3,(H,15,16)(H,17,18). The van der Waals surface area contributed by atoms with Crippen molar-refractivity contribution in [1.82, 2.24) is 9.97 Å². The number of anilines is 1. The highest BCUT2D eigenvalue weighted by atomic mass is 16.5. The third-order valence-corrected chi connectivity index (χ3v) is 3.19. The molecule has 19 heavy (non-hydrogen) atoms. The number of carbonyl (C=O) groups is 1. The summed E-state index contributed by atoms with van der Waals surface area (Å²) >= 11 is 0. The van der Waals surface area contributed by atoms with E-state index in [2.05, 4.69) is 15.3 Å². The first-order valence-electron chi connectivity index (χ1n) is 6.42. The Morgan fingerprint density at radius 3 is 2.74 bits per heavy atom. The number of ether oxygens (including phenoxy) is 1. The minimum absolute atomic E-state index is 0.00107. The zero-order valence-corrected chi connectivity index (χ0v) is 11.4. The predicted molar refractivity (Wildman–Crippen MR) is 70.2 cm³/mol. The van der Waals surface area contributed by atoms with Gasteiger partial charge in [0.15, 0.2) is 0 Å². The van der Waals surface area contributed by atoms with E-state index in [1.165, 1.54) is 12.4 Å². The highest BCUT2D eigenvalue weighted by molar-refractivity contribution is 5.82. The molecular weight excluding hydrogens is 246 g/mol. The second-order valence-electron chi connectivity index (χ2n) is 5.32. The van der Waals surface area contributed by atoms with Crippen LogP contribution in [0.3, 0.4) is 0 Å². The molecule has 1 aromatic rings. The Balaban J connectivity index is 2.15. The number of nitrogens with one attached hydrogen (secondary N) is 1. The van der Waals surface area contributed by atoms with E-state index in [1.807, 2.05) is 13.8 Å². The van der Waals surface area contributed by atoms with Crippen LogP contribution in [-0.4, -0.2) is 32.7 Å². The minimum Gasteiger partial charge on any atom is -0.480 e. The topological polar surface area (TPSA) is 84.3 Å². The average Bonchev–Trinajstić information content (AvgIpc) is 3.11. The van der Waals surface area contributed by atoms with Crippen molar-refractivity contribution < 1.29 is 14.6 Å². The number of hydrogen-bond acceptors (Lipinski definition) is 5. The molecule has 0 radical (unpaired) electrons. The molecule has 0 spiro atoms. The van der Waals surface area contributed by atoms with Gasteiger partial charge in [-0.2, -0.15) is 4.98 Å². The van der Waals surface area contributed by atoms with Gasteiger partial charge >= 0.3 is 5.97 Å². The van der Waals surface area contributed by atoms with E-state index >= 15 is 0 Å². The SMILES string of the molecule is CC(C)Oc1cncc(NC(C)(C(=O)O)C2CC2)n1. The van der Waals surface area contributed by atoms with Crippen molar-refractivity contribution in [2.45, 2.75) is 45.3 Å². The Morgan fingerprint density at radius 1 is 1.53 bits per heavy atom. The van der Waals surface area contributed by atoms with E-state index < -0.39 is 11.5 Å². The van der Waals surface area contributed by atoms with Gasteiger partial charge in [0.1, 0.15) is 11.4 Å². The summed E-state index contributed by atoms with van der Waals surface area (Å²) in [4.78, 5) is 19.7. The van der Waals surface area contributed by atoms with E-state index in [0.717, 1.165) is 12.8 Å². The summed E-state index contributed by atoms with van der Waals surface area (Å²) in [6.45, 7) is 5.48. The van der Waals surface area contributed by atoms with Crippen molar-refractivity contribution in [3.05, 3.63) is 12.4 Å². The van der Waals surface area contributed by atoms with Crippen LogP contribution in [0.2, 0.25) is 0 Å². The molecule has 1 heterocycles. The van der Waals surface area contributed by atoms with Crippen LogP contribution >= 0.6 is 0 Å². The summed E-state index contributed by atoms with van der Waals surface area (Å²) in [6, 6.07) is 0. The van der Waals surface area contributed by atoms with Gasteiger partial charge in [-0.1, -0.05) is 0 Å². The van der Waals surface area contributed by atoms with Crippen LogP contribution in [0, 0.1) is 5.92 Å². The Labute approximate surface area is 112 Å². The van der Waals surface area contributed by atoms with E-state index in [-0.39, 0.29) is 12.0 Å². The molecule has 1 unspecified atom stereocenters. The van der Waals surface area contributed by atoms with Crippen LogP contribution < -0.4 is 10.1 Å². The molecular formula is C13H19N3O3. The van der Waals surface area contributed by atoms with Crippen molar-refractivity contribution in [3.63, 3.8) is 0 Å². The molecule has 104 valence electrons. The molecule has 6 nitrogen and oxygen atoms in total. The fourth-order valence-electron chi connectivity index (χ4n) is 1.96. The van der Waals surface area contributed by atoms with Crippen molar-refractivity contribution in [2.24, 2.45) is 5.92 Å². The molecule has 1 aliphatic rings. The number of nitrogens with zero attached hydrogens (tertiary/aromatic N) is 2. The van der Waals surface area contributed by atoms with Gasteiger partial charge in [0.05, 0.1) is 18.5 Å². The second-order valence-corrected chi connectivity index (χ2v) is 5.32. The summed E-state index contributed by atoms with van der Waals surface area (Å²) in [5.41, 5.74) is -0.995. The number of rotatable bonds is 6. The van der Waals surface area contributed by atoms with Crippen molar-refractivity contribution in [2.75, 3.05) is 5.32 Å². The smallest absolute Gasteiger partial charge is 0.329 e. The molecule has 1 aromatic heterocycles. The summed E-state index contributed by atoms with van der Waals surface area (Å²) in [7, 11) is 0. The molecule has 1 fully saturated rings. The first-order chi connectivity index (χ1) is 8.91. The number of aliphatic carboxylic acids is 1. The van der Waals surface area contributed by atoms with Crippen LogP contribution in [0.1, 0.15) is 33.6 Å². The van der Waals surface area contributed by atoms with E-state index in [9.17, 15) is 9.90 Å². The fraction of sp³-hybridized carbons (Fsp3) is 0.615. The average molecular weight is 265 g/mol. The number of carboxylic acid groups (broad SMARTS) is 1. The van der Waals surface area contributed by atoms with Gasteiger partial charge in [0.2, 0.25) is 5.88 Å². The molecule has 2 N–H and O–H groups in total. The molecule has 0 saturated heterocycles. The molecule has 0 bridgehead atoms. The monoisotopic (exact) mass is 265 g/mol. The van der Waals surface area contributed by atoms with Crippen molar-refractivity contribution in [3.8, 4) is 5.88 Å². The molecule has 0 aliphatic heterocycles. The Bertz CT molecular complexity index is 474. The van der Waals surface area contributed by atoms with Gasteiger partial charge < -0.3 is 15.2 Å². The lowest BCUT2D eigenvalue weighted by Gasteiger charge is -2.26. The minimum atomic E-state index is -0.995. The number of aromatic nitrogens is 2. The van der Waals surface area contributed by atoms with Crippen LogP contribution in [0.4, 0.5) is 5.82 Å². The molecule has 6 heteroatoms. The summed E-state index contributed by atoms with van der Waals surface area (Å²) < 4.78 is 5.44. The van der Waals surface area contributed by atoms with E-state index in [0.29, 0.717) is 11.7 Å². The van der Waals surface area contributed by atoms with Gasteiger partial charge in [0.25, 0.3) is 0 Å². The lowest BCUT2D eigenvalue weighted by molar-refractivity contribution is -0.142. The van der Waals surface area contributed by atoms with E-state index in [4.69, 9.17) is 4.74 Å². The molecule has 0 aromatic carbocycles. The van der Waals surface area contributed by atoms with Crippen LogP contribution in [0.5, 0.6) is 5.88 Å². The molecule has 1 atom stereocenters. The van der Waals surface area contributed by atoms with Crippen molar-refractivity contribution in [1.29, 1.82) is 0 Å². The van der Waals surface area contributed by atoms with Crippen LogP contribution in [0.25, 0.3) is 0 Å². The first-order valence-corrected chi connectivity index (χ1v) is 6.42. The van der Waals surface area contributed by atoms with Crippen LogP contribution in [0.15, 0.2) is 12.4 Å². The lowest BCUT2D eigenvalue weighted by atomic mass is 9.96. The first kappa shape index (κ1) is 13.6. The fourth-order valence-corrected chi connectivity index (χ4v) is 1.96.